The summed E-state index contributed by atoms with van der Waals surface area (Å²) >= 11 is 0. The minimum absolute atomic E-state index is 0.0957. The third-order valence-corrected chi connectivity index (χ3v) is 4.13. The smallest absolute Gasteiger partial charge is 0.271 e. The van der Waals surface area contributed by atoms with Crippen LogP contribution in [0.5, 0.6) is 0 Å². The molecule has 1 atom stereocenters. The summed E-state index contributed by atoms with van der Waals surface area (Å²) < 4.78 is 0. The Morgan fingerprint density at radius 2 is 2.00 bits per heavy atom. The van der Waals surface area contributed by atoms with Gasteiger partial charge in [0.1, 0.15) is 0 Å². The molecule has 2 aromatic carbocycles. The zero-order chi connectivity index (χ0) is 18.0. The molecule has 0 saturated carbocycles. The molecule has 2 amide bonds. The van der Waals surface area contributed by atoms with E-state index < -0.39 is 10.8 Å². The van der Waals surface area contributed by atoms with E-state index in [4.69, 9.17) is 0 Å². The van der Waals surface area contributed by atoms with Crippen LogP contribution < -0.4 is 10.2 Å². The van der Waals surface area contributed by atoms with Crippen LogP contribution in [0.1, 0.15) is 12.0 Å². The van der Waals surface area contributed by atoms with E-state index in [1.54, 1.807) is 11.0 Å². The first-order valence-corrected chi connectivity index (χ1v) is 7.86. The van der Waals surface area contributed by atoms with Crippen molar-refractivity contribution < 1.29 is 14.5 Å². The highest BCUT2D eigenvalue weighted by Crippen LogP contribution is 2.27. The summed E-state index contributed by atoms with van der Waals surface area (Å²) in [6, 6.07) is 13.3. The van der Waals surface area contributed by atoms with Crippen molar-refractivity contribution >= 4 is 28.9 Å². The number of nitro benzene ring substituents is 1. The largest absolute Gasteiger partial charge is 0.326 e. The van der Waals surface area contributed by atoms with Gasteiger partial charge in [0.25, 0.3) is 5.69 Å². The topological polar surface area (TPSA) is 92.6 Å². The Balaban J connectivity index is 1.71. The normalized spacial score (nSPS) is 16.8. The first kappa shape index (κ1) is 16.6. The number of carbonyl (C=O) groups is 2. The van der Waals surface area contributed by atoms with E-state index >= 15 is 0 Å². The van der Waals surface area contributed by atoms with Crippen molar-refractivity contribution in [3.8, 4) is 0 Å². The predicted octanol–water partition coefficient (Wildman–Crippen LogP) is 2.89. The second-order valence-corrected chi connectivity index (χ2v) is 6.04. The lowest BCUT2D eigenvalue weighted by Crippen LogP contribution is -2.28. The van der Waals surface area contributed by atoms with Gasteiger partial charge in [-0.2, -0.15) is 0 Å². The number of hydrogen-bond donors (Lipinski definition) is 1. The fraction of sp³-hybridized carbons (Fsp3) is 0.222. The molecule has 3 rings (SSSR count). The zero-order valence-electron chi connectivity index (χ0n) is 13.6. The van der Waals surface area contributed by atoms with Gasteiger partial charge in [-0.25, -0.2) is 0 Å². The third-order valence-electron chi connectivity index (χ3n) is 4.13. The highest BCUT2D eigenvalue weighted by Gasteiger charge is 2.35. The molecule has 7 nitrogen and oxygen atoms in total. The van der Waals surface area contributed by atoms with Crippen molar-refractivity contribution in [2.24, 2.45) is 5.92 Å². The molecule has 0 spiro atoms. The SMILES string of the molecule is Cc1cccc(N2C[C@H](C(=O)Nc3cccc([N+](=O)[O-])c3)CC2=O)c1. The molecule has 1 fully saturated rings. The fourth-order valence-electron chi connectivity index (χ4n) is 2.87. The van der Waals surface area contributed by atoms with E-state index in [2.05, 4.69) is 5.32 Å². The van der Waals surface area contributed by atoms with Crippen LogP contribution in [0, 0.1) is 23.0 Å². The molecule has 1 N–H and O–H groups in total. The second-order valence-electron chi connectivity index (χ2n) is 6.04. The van der Waals surface area contributed by atoms with Crippen LogP contribution in [-0.4, -0.2) is 23.3 Å². The van der Waals surface area contributed by atoms with Gasteiger partial charge in [-0.1, -0.05) is 18.2 Å². The van der Waals surface area contributed by atoms with E-state index in [9.17, 15) is 19.7 Å². The van der Waals surface area contributed by atoms with E-state index in [1.807, 2.05) is 31.2 Å². The molecule has 0 radical (unpaired) electrons. The maximum atomic E-state index is 12.4. The lowest BCUT2D eigenvalue weighted by Gasteiger charge is -2.17. The molecule has 128 valence electrons. The Morgan fingerprint density at radius 3 is 2.72 bits per heavy atom. The van der Waals surface area contributed by atoms with E-state index in [0.717, 1.165) is 11.3 Å². The van der Waals surface area contributed by atoms with E-state index in [1.165, 1.54) is 18.2 Å². The average molecular weight is 339 g/mol. The number of non-ortho nitro benzene ring substituents is 1. The van der Waals surface area contributed by atoms with Gasteiger partial charge in [-0.3, -0.25) is 19.7 Å². The predicted molar refractivity (Wildman–Crippen MR) is 93.4 cm³/mol. The maximum Gasteiger partial charge on any atom is 0.271 e. The molecule has 0 aliphatic carbocycles. The molecule has 25 heavy (non-hydrogen) atoms. The van der Waals surface area contributed by atoms with E-state index in [0.29, 0.717) is 12.2 Å². The summed E-state index contributed by atoms with van der Waals surface area (Å²) in [6.45, 7) is 2.24. The Morgan fingerprint density at radius 1 is 1.24 bits per heavy atom. The number of carbonyl (C=O) groups excluding carboxylic acids is 2. The molecule has 1 heterocycles. The first-order valence-electron chi connectivity index (χ1n) is 7.86. The summed E-state index contributed by atoms with van der Waals surface area (Å²) in [5.74, 6) is -0.916. The molecule has 1 aliphatic rings. The average Bonchev–Trinajstić information content (AvgIpc) is 2.97. The van der Waals surface area contributed by atoms with E-state index in [-0.39, 0.29) is 23.9 Å². The Labute approximate surface area is 144 Å². The van der Waals surface area contributed by atoms with Crippen molar-refractivity contribution in [1.82, 2.24) is 0 Å². The van der Waals surface area contributed by atoms with Crippen LogP contribution in [0.2, 0.25) is 0 Å². The summed E-state index contributed by atoms with van der Waals surface area (Å²) in [4.78, 5) is 36.6. The third kappa shape index (κ3) is 3.65. The Kier molecular flexibility index (Phi) is 4.47. The van der Waals surface area contributed by atoms with Crippen LogP contribution in [0.25, 0.3) is 0 Å². The van der Waals surface area contributed by atoms with Gasteiger partial charge < -0.3 is 10.2 Å². The van der Waals surface area contributed by atoms with Crippen LogP contribution in [0.3, 0.4) is 0 Å². The summed E-state index contributed by atoms with van der Waals surface area (Å²) in [6.07, 6.45) is 0.120. The summed E-state index contributed by atoms with van der Waals surface area (Å²) in [5, 5.41) is 13.5. The molecule has 1 saturated heterocycles. The zero-order valence-corrected chi connectivity index (χ0v) is 13.6. The molecular weight excluding hydrogens is 322 g/mol. The van der Waals surface area contributed by atoms with Gasteiger partial charge in [-0.15, -0.1) is 0 Å². The fourth-order valence-corrected chi connectivity index (χ4v) is 2.87. The molecular formula is C18H17N3O4. The molecule has 2 aromatic rings. The van der Waals surface area contributed by atoms with Crippen molar-refractivity contribution in [2.75, 3.05) is 16.8 Å². The first-order chi connectivity index (χ1) is 11.9. The van der Waals surface area contributed by atoms with Crippen molar-refractivity contribution in [3.05, 3.63) is 64.2 Å². The van der Waals surface area contributed by atoms with Crippen LogP contribution in [0.4, 0.5) is 17.1 Å². The minimum Gasteiger partial charge on any atom is -0.326 e. The summed E-state index contributed by atoms with van der Waals surface area (Å²) in [7, 11) is 0. The molecule has 1 aliphatic heterocycles. The van der Waals surface area contributed by atoms with Gasteiger partial charge >= 0.3 is 0 Å². The van der Waals surface area contributed by atoms with Crippen LogP contribution in [0.15, 0.2) is 48.5 Å². The lowest BCUT2D eigenvalue weighted by molar-refractivity contribution is -0.384. The second kappa shape index (κ2) is 6.72. The number of anilines is 2. The highest BCUT2D eigenvalue weighted by molar-refractivity contribution is 6.03. The van der Waals surface area contributed by atoms with Gasteiger partial charge in [0.2, 0.25) is 11.8 Å². The number of nitrogens with one attached hydrogen (secondary N) is 1. The lowest BCUT2D eigenvalue weighted by atomic mass is 10.1. The molecule has 0 bridgehead atoms. The van der Waals surface area contributed by atoms with Gasteiger partial charge in [0, 0.05) is 36.5 Å². The maximum absolute atomic E-state index is 12.4. The number of amides is 2. The van der Waals surface area contributed by atoms with Crippen molar-refractivity contribution in [1.29, 1.82) is 0 Å². The van der Waals surface area contributed by atoms with Gasteiger partial charge in [-0.05, 0) is 30.7 Å². The van der Waals surface area contributed by atoms with Crippen molar-refractivity contribution in [2.45, 2.75) is 13.3 Å². The number of benzene rings is 2. The minimum atomic E-state index is -0.520. The number of hydrogen-bond acceptors (Lipinski definition) is 4. The number of nitrogens with zero attached hydrogens (tertiary/aromatic N) is 2. The van der Waals surface area contributed by atoms with Crippen LogP contribution in [-0.2, 0) is 9.59 Å². The van der Waals surface area contributed by atoms with Gasteiger partial charge in [0.05, 0.1) is 10.8 Å². The van der Waals surface area contributed by atoms with Gasteiger partial charge in [0.15, 0.2) is 0 Å². The monoisotopic (exact) mass is 339 g/mol. The Hall–Kier alpha value is -3.22. The van der Waals surface area contributed by atoms with Crippen molar-refractivity contribution in [3.63, 3.8) is 0 Å². The number of rotatable bonds is 4. The summed E-state index contributed by atoms with van der Waals surface area (Å²) in [5.41, 5.74) is 2.06. The van der Waals surface area contributed by atoms with Crippen LogP contribution >= 0.6 is 0 Å². The highest BCUT2D eigenvalue weighted by atomic mass is 16.6. The Bertz CT molecular complexity index is 850. The molecule has 0 unspecified atom stereocenters. The quantitative estimate of drug-likeness (QED) is 0.685. The molecule has 0 aromatic heterocycles. The number of nitro groups is 1. The number of aryl methyl sites for hydroxylation is 1. The molecule has 7 heteroatoms. The standard InChI is InChI=1S/C18H17N3O4/c1-12-4-2-6-15(8-12)20-11-13(9-17(20)22)18(23)19-14-5-3-7-16(10-14)21(24)25/h2-8,10,13H,9,11H2,1H3,(H,19,23)/t13-/m1/s1.